The normalized spacial score (nSPS) is 10.7. The number of nitrogens with two attached hydrogens (primary N) is 1. The van der Waals surface area contributed by atoms with Gasteiger partial charge < -0.3 is 10.3 Å². The summed E-state index contributed by atoms with van der Waals surface area (Å²) in [6, 6.07) is 7.76. The highest BCUT2D eigenvalue weighted by atomic mass is 32.1. The summed E-state index contributed by atoms with van der Waals surface area (Å²) >= 11 is 1.61. The number of rotatable bonds is 2. The summed E-state index contributed by atoms with van der Waals surface area (Å²) in [5.41, 5.74) is 9.55. The minimum atomic E-state index is 0.752. The highest BCUT2D eigenvalue weighted by Gasteiger charge is 2.09. The van der Waals surface area contributed by atoms with Crippen LogP contribution in [0, 0.1) is 0 Å². The van der Waals surface area contributed by atoms with Gasteiger partial charge in [0.1, 0.15) is 5.01 Å². The van der Waals surface area contributed by atoms with Crippen LogP contribution in [-0.2, 0) is 7.05 Å². The van der Waals surface area contributed by atoms with Gasteiger partial charge in [-0.1, -0.05) is 12.1 Å². The van der Waals surface area contributed by atoms with Gasteiger partial charge in [-0.3, -0.25) is 0 Å². The Labute approximate surface area is 109 Å². The van der Waals surface area contributed by atoms with Crippen LogP contribution in [-0.4, -0.2) is 14.5 Å². The zero-order valence-corrected chi connectivity index (χ0v) is 10.7. The van der Waals surface area contributed by atoms with Crippen LogP contribution in [0.15, 0.2) is 42.2 Å². The number of imidazole rings is 1. The summed E-state index contributed by atoms with van der Waals surface area (Å²) in [4.78, 5) is 8.73. The smallest absolute Gasteiger partial charge is 0.142 e. The summed E-state index contributed by atoms with van der Waals surface area (Å²) in [5.74, 6) is 0. The second-order valence-electron chi connectivity index (χ2n) is 4.05. The zero-order chi connectivity index (χ0) is 12.5. The molecule has 18 heavy (non-hydrogen) atoms. The lowest BCUT2D eigenvalue weighted by atomic mass is 10.1. The SMILES string of the molecule is Cn1cncc1-c1nc(-c2cccc(N)c2)cs1. The zero-order valence-electron chi connectivity index (χ0n) is 9.87. The van der Waals surface area contributed by atoms with Gasteiger partial charge in [-0.05, 0) is 12.1 Å². The lowest BCUT2D eigenvalue weighted by Gasteiger charge is -1.98. The number of hydrogen-bond donors (Lipinski definition) is 1. The predicted molar refractivity (Wildman–Crippen MR) is 74.2 cm³/mol. The molecule has 2 heterocycles. The van der Waals surface area contributed by atoms with E-state index < -0.39 is 0 Å². The Kier molecular flexibility index (Phi) is 2.60. The van der Waals surface area contributed by atoms with Crippen molar-refractivity contribution in [3.05, 3.63) is 42.2 Å². The average molecular weight is 256 g/mol. The van der Waals surface area contributed by atoms with Crippen LogP contribution in [0.3, 0.4) is 0 Å². The van der Waals surface area contributed by atoms with Crippen molar-refractivity contribution in [2.45, 2.75) is 0 Å². The molecule has 0 aliphatic heterocycles. The van der Waals surface area contributed by atoms with Crippen LogP contribution in [0.5, 0.6) is 0 Å². The molecule has 0 spiro atoms. The molecule has 0 radical (unpaired) electrons. The molecule has 0 bridgehead atoms. The summed E-state index contributed by atoms with van der Waals surface area (Å²) in [6.07, 6.45) is 3.60. The number of aryl methyl sites for hydroxylation is 1. The van der Waals surface area contributed by atoms with Crippen molar-refractivity contribution < 1.29 is 0 Å². The standard InChI is InChI=1S/C13H12N4S/c1-17-8-15-6-12(17)13-16-11(7-18-13)9-3-2-4-10(14)5-9/h2-8H,14H2,1H3. The number of hydrogen-bond acceptors (Lipinski definition) is 4. The van der Waals surface area contributed by atoms with E-state index in [0.717, 1.165) is 27.6 Å². The van der Waals surface area contributed by atoms with Gasteiger partial charge in [-0.15, -0.1) is 11.3 Å². The Morgan fingerprint density at radius 3 is 2.94 bits per heavy atom. The Bertz CT molecular complexity index is 684. The number of anilines is 1. The Balaban J connectivity index is 2.02. The van der Waals surface area contributed by atoms with Gasteiger partial charge in [0.25, 0.3) is 0 Å². The van der Waals surface area contributed by atoms with Gasteiger partial charge in [-0.25, -0.2) is 9.97 Å². The van der Waals surface area contributed by atoms with Crippen LogP contribution in [0.4, 0.5) is 5.69 Å². The summed E-state index contributed by atoms with van der Waals surface area (Å²) in [7, 11) is 1.96. The fraction of sp³-hybridized carbons (Fsp3) is 0.0769. The number of aromatic nitrogens is 3. The second kappa shape index (κ2) is 4.27. The first kappa shape index (κ1) is 11.0. The predicted octanol–water partition coefficient (Wildman–Crippen LogP) is 2.79. The minimum Gasteiger partial charge on any atom is -0.399 e. The first-order chi connectivity index (χ1) is 8.74. The molecule has 0 aliphatic rings. The molecule has 1 aromatic carbocycles. The fourth-order valence-corrected chi connectivity index (χ4v) is 2.67. The van der Waals surface area contributed by atoms with Gasteiger partial charge in [-0.2, -0.15) is 0 Å². The minimum absolute atomic E-state index is 0.752. The molecule has 0 fully saturated rings. The van der Waals surface area contributed by atoms with Crippen molar-refractivity contribution in [2.75, 3.05) is 5.73 Å². The molecule has 3 aromatic rings. The monoisotopic (exact) mass is 256 g/mol. The van der Waals surface area contributed by atoms with E-state index in [-0.39, 0.29) is 0 Å². The van der Waals surface area contributed by atoms with E-state index in [9.17, 15) is 0 Å². The molecule has 0 unspecified atom stereocenters. The quantitative estimate of drug-likeness (QED) is 0.717. The van der Waals surface area contributed by atoms with Crippen LogP contribution >= 0.6 is 11.3 Å². The number of nitrogens with zero attached hydrogens (tertiary/aromatic N) is 3. The van der Waals surface area contributed by atoms with Crippen molar-refractivity contribution in [3.63, 3.8) is 0 Å². The summed E-state index contributed by atoms with van der Waals surface area (Å²) < 4.78 is 1.96. The van der Waals surface area contributed by atoms with E-state index in [1.54, 1.807) is 17.7 Å². The number of nitrogen functional groups attached to an aromatic ring is 1. The number of thiazole rings is 1. The molecular formula is C13H12N4S. The molecule has 0 aliphatic carbocycles. The van der Waals surface area contributed by atoms with Gasteiger partial charge in [0, 0.05) is 23.7 Å². The fourth-order valence-electron chi connectivity index (χ4n) is 1.79. The Morgan fingerprint density at radius 2 is 2.22 bits per heavy atom. The first-order valence-corrected chi connectivity index (χ1v) is 6.40. The molecule has 5 heteroatoms. The highest BCUT2D eigenvalue weighted by molar-refractivity contribution is 7.13. The first-order valence-electron chi connectivity index (χ1n) is 5.52. The molecule has 4 nitrogen and oxygen atoms in total. The third-order valence-corrected chi connectivity index (χ3v) is 3.59. The van der Waals surface area contributed by atoms with Crippen molar-refractivity contribution in [1.29, 1.82) is 0 Å². The Hall–Kier alpha value is -2.14. The molecule has 0 amide bonds. The van der Waals surface area contributed by atoms with E-state index in [0.29, 0.717) is 0 Å². The van der Waals surface area contributed by atoms with Gasteiger partial charge in [0.15, 0.2) is 0 Å². The molecule has 0 saturated carbocycles. The van der Waals surface area contributed by atoms with Crippen LogP contribution < -0.4 is 5.73 Å². The third-order valence-electron chi connectivity index (χ3n) is 2.72. The molecular weight excluding hydrogens is 244 g/mol. The number of benzene rings is 1. The van der Waals surface area contributed by atoms with Crippen LogP contribution in [0.2, 0.25) is 0 Å². The van der Waals surface area contributed by atoms with Gasteiger partial charge in [0.05, 0.1) is 23.9 Å². The van der Waals surface area contributed by atoms with E-state index in [4.69, 9.17) is 5.73 Å². The molecule has 0 saturated heterocycles. The van der Waals surface area contributed by atoms with Crippen molar-refractivity contribution in [3.8, 4) is 22.0 Å². The van der Waals surface area contributed by atoms with Crippen molar-refractivity contribution in [2.24, 2.45) is 7.05 Å². The maximum Gasteiger partial charge on any atom is 0.142 e. The van der Waals surface area contributed by atoms with Crippen LogP contribution in [0.25, 0.3) is 22.0 Å². The molecule has 2 N–H and O–H groups in total. The average Bonchev–Trinajstić information content (AvgIpc) is 2.97. The lowest BCUT2D eigenvalue weighted by Crippen LogP contribution is -1.89. The highest BCUT2D eigenvalue weighted by Crippen LogP contribution is 2.28. The van der Waals surface area contributed by atoms with E-state index in [2.05, 4.69) is 9.97 Å². The van der Waals surface area contributed by atoms with E-state index in [1.807, 2.05) is 47.5 Å². The van der Waals surface area contributed by atoms with E-state index in [1.165, 1.54) is 0 Å². The maximum atomic E-state index is 5.78. The molecule has 0 atom stereocenters. The van der Waals surface area contributed by atoms with E-state index >= 15 is 0 Å². The van der Waals surface area contributed by atoms with Gasteiger partial charge >= 0.3 is 0 Å². The van der Waals surface area contributed by atoms with Gasteiger partial charge in [0.2, 0.25) is 0 Å². The largest absolute Gasteiger partial charge is 0.399 e. The Morgan fingerprint density at radius 1 is 1.33 bits per heavy atom. The van der Waals surface area contributed by atoms with Crippen LogP contribution in [0.1, 0.15) is 0 Å². The summed E-state index contributed by atoms with van der Waals surface area (Å²) in [6.45, 7) is 0. The second-order valence-corrected chi connectivity index (χ2v) is 4.91. The van der Waals surface area contributed by atoms with Crippen molar-refractivity contribution in [1.82, 2.24) is 14.5 Å². The molecule has 3 rings (SSSR count). The topological polar surface area (TPSA) is 56.7 Å². The lowest BCUT2D eigenvalue weighted by molar-refractivity contribution is 0.920. The maximum absolute atomic E-state index is 5.78. The third kappa shape index (κ3) is 1.89. The van der Waals surface area contributed by atoms with Crippen molar-refractivity contribution >= 4 is 17.0 Å². The molecule has 2 aromatic heterocycles. The summed E-state index contributed by atoms with van der Waals surface area (Å²) in [5, 5.41) is 3.00. The molecule has 90 valence electrons.